The van der Waals surface area contributed by atoms with Crippen LogP contribution in [0, 0.1) is 61.0 Å². The smallest absolute Gasteiger partial charge is 0.506 e. The van der Waals surface area contributed by atoms with Gasteiger partial charge in [-0.05, 0) is 206 Å². The average molecular weight is 1250 g/mol. The minimum atomic E-state index is -3.91. The second kappa shape index (κ2) is 29.1. The van der Waals surface area contributed by atoms with Crippen molar-refractivity contribution in [2.75, 3.05) is 26.4 Å². The zero-order valence-electron chi connectivity index (χ0n) is 54.6. The lowest BCUT2D eigenvalue weighted by Gasteiger charge is -2.32. The number of carbonyl (C=O) groups is 4. The molecule has 2 fully saturated rings. The van der Waals surface area contributed by atoms with Crippen LogP contribution in [0.4, 0.5) is 8.78 Å². The molecule has 0 aliphatic heterocycles. The molecule has 2 N–H and O–H groups in total. The fourth-order valence-electron chi connectivity index (χ4n) is 10.5. The fourth-order valence-corrected chi connectivity index (χ4v) is 11.4. The van der Waals surface area contributed by atoms with Crippen LogP contribution in [-0.4, -0.2) is 82.1 Å². The number of carbonyl (C=O) groups excluding carboxylic acids is 4. The van der Waals surface area contributed by atoms with Gasteiger partial charge in [0, 0.05) is 40.6 Å². The first-order valence-corrected chi connectivity index (χ1v) is 31.9. The highest BCUT2D eigenvalue weighted by molar-refractivity contribution is 7.33. The summed E-state index contributed by atoms with van der Waals surface area (Å²) in [6.07, 6.45) is 12.4. The summed E-state index contributed by atoms with van der Waals surface area (Å²) in [6.45, 7) is 21.1. The van der Waals surface area contributed by atoms with Gasteiger partial charge in [-0.15, -0.1) is 0 Å². The van der Waals surface area contributed by atoms with Gasteiger partial charge in [-0.1, -0.05) is 60.4 Å². The fraction of sp³-hybridized carbons (Fsp3) is 0.618. The molecule has 20 heteroatoms. The molecule has 0 amide bonds. The number of pyridine rings is 2. The van der Waals surface area contributed by atoms with Crippen LogP contribution in [0.2, 0.25) is 0 Å². The van der Waals surface area contributed by atoms with E-state index in [0.29, 0.717) is 45.0 Å². The van der Waals surface area contributed by atoms with Crippen molar-refractivity contribution in [3.05, 3.63) is 104 Å². The SMILES string of the molecule is Cc1cc(OC(COC(=O)C(C)(C)C)(COC(=O)C(C)(C)C)O[P+](=O)OC(COC(=O)C(C)(C)C)(COC(=O)C(C)(C)C)Oc2cc(C)c(Cc3ccc(O)c(C4CCCCCC4)n3)c(C)c2F)c(F)c(C)c1Cc1ccc(O)c(C2CCCCCC2)n1. The van der Waals surface area contributed by atoms with Crippen molar-refractivity contribution >= 4 is 32.1 Å². The van der Waals surface area contributed by atoms with Gasteiger partial charge < -0.3 is 38.6 Å². The number of ether oxygens (including phenoxy) is 6. The molecule has 2 saturated carbocycles. The molecule has 2 aromatic carbocycles. The molecule has 0 spiro atoms. The summed E-state index contributed by atoms with van der Waals surface area (Å²) in [6, 6.07) is 9.29. The van der Waals surface area contributed by atoms with Crippen LogP contribution < -0.4 is 9.47 Å². The van der Waals surface area contributed by atoms with Crippen LogP contribution >= 0.6 is 8.25 Å². The Morgan fingerprint density at radius 2 is 0.773 bits per heavy atom. The highest BCUT2D eigenvalue weighted by Gasteiger charge is 2.56. The van der Waals surface area contributed by atoms with Crippen LogP contribution in [-0.2, 0) is 64.6 Å². The summed E-state index contributed by atoms with van der Waals surface area (Å²) < 4.78 is 98.6. The molecule has 17 nitrogen and oxygen atoms in total. The summed E-state index contributed by atoms with van der Waals surface area (Å²) in [4.78, 5) is 64.6. The van der Waals surface area contributed by atoms with Crippen molar-refractivity contribution in [3.63, 3.8) is 0 Å². The Hall–Kier alpha value is -6.30. The Kier molecular flexibility index (Phi) is 23.4. The Balaban J connectivity index is 1.46. The van der Waals surface area contributed by atoms with Crippen LogP contribution in [0.5, 0.6) is 23.0 Å². The number of aromatic hydroxyl groups is 2. The van der Waals surface area contributed by atoms with Gasteiger partial charge in [-0.2, -0.15) is 0 Å². The minimum Gasteiger partial charge on any atom is -0.506 e. The first-order chi connectivity index (χ1) is 40.9. The molecule has 2 aromatic heterocycles. The van der Waals surface area contributed by atoms with Gasteiger partial charge in [0.15, 0.2) is 49.6 Å². The zero-order chi connectivity index (χ0) is 65.3. The second-order valence-corrected chi connectivity index (χ2v) is 28.9. The topological polar surface area (TPSA) is 225 Å². The summed E-state index contributed by atoms with van der Waals surface area (Å²) in [5.74, 6) is -11.4. The molecular weight excluding hydrogens is 1150 g/mol. The van der Waals surface area contributed by atoms with E-state index in [2.05, 4.69) is 0 Å². The van der Waals surface area contributed by atoms with Crippen LogP contribution in [0.25, 0.3) is 0 Å². The number of benzene rings is 2. The normalized spacial score (nSPS) is 15.2. The molecule has 0 unspecified atom stereocenters. The standard InChI is InChI=1S/C68H93F2N2O15P/c1-41-33-53(55(69)43(3)49(41)35-47-29-31-51(73)57(71-47)45-25-21-17-18-22-26-45)84-67(37-80-59(75)63(5,6)7,38-81-60(76)64(8,9)10)86-88(79)87-68(39-82-61(77)65(11,12)13,40-83-62(78)66(14,15)16)85-54-34-42(2)50(44(4)56(54)70)36-48-30-32-52(74)58(72-48)46-27-23-19-20-24-28-46/h29-34,45-46H,17-28,35-40H2,1-16H3,(H-,73,74)/p+1. The van der Waals surface area contributed by atoms with E-state index in [1.807, 2.05) is 0 Å². The molecule has 6 rings (SSSR count). The van der Waals surface area contributed by atoms with E-state index < -0.39 is 115 Å². The largest absolute Gasteiger partial charge is 0.706 e. The Bertz CT molecular complexity index is 2890. The van der Waals surface area contributed by atoms with Gasteiger partial charge in [0.1, 0.15) is 11.5 Å². The van der Waals surface area contributed by atoms with E-state index >= 15 is 13.3 Å². The predicted molar refractivity (Wildman–Crippen MR) is 328 cm³/mol. The number of hydrogen-bond acceptors (Lipinski definition) is 17. The summed E-state index contributed by atoms with van der Waals surface area (Å²) >= 11 is 0. The van der Waals surface area contributed by atoms with Crippen LogP contribution in [0.3, 0.4) is 0 Å². The Morgan fingerprint density at radius 1 is 0.489 bits per heavy atom. The highest BCUT2D eigenvalue weighted by Crippen LogP contribution is 2.44. The number of nitrogens with zero attached hydrogens (tertiary/aromatic N) is 2. The molecule has 2 aliphatic carbocycles. The maximum absolute atomic E-state index is 17.4. The van der Waals surface area contributed by atoms with E-state index in [0.717, 1.165) is 77.0 Å². The average Bonchev–Trinajstić information content (AvgIpc) is 0.935. The summed E-state index contributed by atoms with van der Waals surface area (Å²) in [5, 5.41) is 21.9. The molecule has 0 radical (unpaired) electrons. The second-order valence-electron chi connectivity index (χ2n) is 28.1. The van der Waals surface area contributed by atoms with Crippen molar-refractivity contribution in [1.29, 1.82) is 0 Å². The predicted octanol–water partition coefficient (Wildman–Crippen LogP) is 15.4. The third-order valence-electron chi connectivity index (χ3n) is 16.0. The minimum absolute atomic E-state index is 0.0701. The van der Waals surface area contributed by atoms with Crippen LogP contribution in [0.15, 0.2) is 36.4 Å². The first kappa shape index (κ1) is 70.8. The van der Waals surface area contributed by atoms with E-state index in [-0.39, 0.29) is 47.3 Å². The highest BCUT2D eigenvalue weighted by atomic mass is 31.1. The molecule has 2 aliphatic rings. The summed E-state index contributed by atoms with van der Waals surface area (Å²) in [5.41, 5.74) is -0.0193. The monoisotopic (exact) mass is 1250 g/mol. The Labute approximate surface area is 519 Å². The third-order valence-corrected chi connectivity index (χ3v) is 16.9. The van der Waals surface area contributed by atoms with Crippen molar-refractivity contribution in [1.82, 2.24) is 9.97 Å². The molecule has 4 aromatic rings. The summed E-state index contributed by atoms with van der Waals surface area (Å²) in [7, 11) is -3.91. The number of halogens is 2. The van der Waals surface area contributed by atoms with Crippen molar-refractivity contribution in [2.24, 2.45) is 21.7 Å². The molecule has 0 atom stereocenters. The molecule has 0 bridgehead atoms. The van der Waals surface area contributed by atoms with Gasteiger partial charge in [-0.25, -0.2) is 8.78 Å². The van der Waals surface area contributed by atoms with Gasteiger partial charge in [0.05, 0.1) is 33.0 Å². The van der Waals surface area contributed by atoms with Gasteiger partial charge >= 0.3 is 43.7 Å². The number of aryl methyl sites for hydroxylation is 2. The molecule has 484 valence electrons. The van der Waals surface area contributed by atoms with Crippen molar-refractivity contribution < 1.29 is 80.2 Å². The van der Waals surface area contributed by atoms with Gasteiger partial charge in [-0.3, -0.25) is 29.1 Å². The Morgan fingerprint density at radius 3 is 1.05 bits per heavy atom. The molecule has 0 saturated heterocycles. The maximum Gasteiger partial charge on any atom is 0.706 e. The van der Waals surface area contributed by atoms with E-state index in [9.17, 15) is 29.4 Å². The number of aromatic nitrogens is 2. The zero-order valence-corrected chi connectivity index (χ0v) is 55.5. The molecule has 2 heterocycles. The lowest BCUT2D eigenvalue weighted by Crippen LogP contribution is -2.51. The van der Waals surface area contributed by atoms with E-state index in [1.165, 1.54) is 26.0 Å². The van der Waals surface area contributed by atoms with Crippen LogP contribution in [0.1, 0.15) is 228 Å². The van der Waals surface area contributed by atoms with E-state index in [4.69, 9.17) is 47.4 Å². The van der Waals surface area contributed by atoms with Gasteiger partial charge in [0.25, 0.3) is 0 Å². The van der Waals surface area contributed by atoms with Gasteiger partial charge in [0.2, 0.25) is 0 Å². The lowest BCUT2D eigenvalue weighted by atomic mass is 9.94. The third kappa shape index (κ3) is 18.9. The number of rotatable bonds is 22. The van der Waals surface area contributed by atoms with Crippen molar-refractivity contribution in [2.45, 2.75) is 224 Å². The molecular formula is C68H94F2N2O15P+. The molecule has 88 heavy (non-hydrogen) atoms. The number of esters is 4. The van der Waals surface area contributed by atoms with Crippen molar-refractivity contribution in [3.8, 4) is 23.0 Å². The maximum atomic E-state index is 17.4. The number of hydrogen-bond donors (Lipinski definition) is 2. The lowest BCUT2D eigenvalue weighted by molar-refractivity contribution is -0.225. The van der Waals surface area contributed by atoms with E-state index in [1.54, 1.807) is 121 Å². The quantitative estimate of drug-likeness (QED) is 0.0245. The first-order valence-electron chi connectivity index (χ1n) is 30.8.